The summed E-state index contributed by atoms with van der Waals surface area (Å²) >= 11 is 0. The second kappa shape index (κ2) is 11.5. The first-order valence-corrected chi connectivity index (χ1v) is 12.2. The van der Waals surface area contributed by atoms with E-state index >= 15 is 0 Å². The third-order valence-corrected chi connectivity index (χ3v) is 6.71. The van der Waals surface area contributed by atoms with Gasteiger partial charge in [0.2, 0.25) is 5.91 Å². The second-order valence-electron chi connectivity index (χ2n) is 9.07. The van der Waals surface area contributed by atoms with E-state index in [9.17, 15) is 14.4 Å². The molecule has 4 rings (SSSR count). The molecule has 0 bridgehead atoms. The number of benzene rings is 2. The largest absolute Gasteiger partial charge is 0.497 e. The van der Waals surface area contributed by atoms with Gasteiger partial charge in [-0.05, 0) is 87.3 Å². The molecule has 8 nitrogen and oxygen atoms in total. The summed E-state index contributed by atoms with van der Waals surface area (Å²) in [5.41, 5.74) is 2.14. The Morgan fingerprint density at radius 2 is 1.71 bits per heavy atom. The highest BCUT2D eigenvalue weighted by atomic mass is 16.5. The number of hydrogen-bond acceptors (Lipinski definition) is 7. The molecule has 2 heterocycles. The summed E-state index contributed by atoms with van der Waals surface area (Å²) in [6.07, 6.45) is 2.25. The van der Waals surface area contributed by atoms with Crippen LogP contribution in [0.2, 0.25) is 0 Å². The Labute approximate surface area is 206 Å². The lowest BCUT2D eigenvalue weighted by Crippen LogP contribution is -2.43. The van der Waals surface area contributed by atoms with E-state index in [1.165, 1.54) is 10.5 Å². The first-order chi connectivity index (χ1) is 17.0. The Morgan fingerprint density at radius 3 is 2.34 bits per heavy atom. The average Bonchev–Trinajstić information content (AvgIpc) is 3.17. The van der Waals surface area contributed by atoms with Crippen LogP contribution in [0.15, 0.2) is 48.5 Å². The molecule has 0 radical (unpaired) electrons. The molecule has 35 heavy (non-hydrogen) atoms. The second-order valence-corrected chi connectivity index (χ2v) is 9.07. The summed E-state index contributed by atoms with van der Waals surface area (Å²) in [4.78, 5) is 41.0. The predicted octanol–water partition coefficient (Wildman–Crippen LogP) is 3.01. The van der Waals surface area contributed by atoms with Crippen LogP contribution in [0.1, 0.15) is 42.1 Å². The van der Waals surface area contributed by atoms with E-state index in [4.69, 9.17) is 9.47 Å². The van der Waals surface area contributed by atoms with E-state index in [0.717, 1.165) is 44.8 Å². The minimum absolute atomic E-state index is 0.148. The van der Waals surface area contributed by atoms with Crippen LogP contribution in [0.5, 0.6) is 5.75 Å². The van der Waals surface area contributed by atoms with E-state index in [1.54, 1.807) is 38.3 Å². The lowest BCUT2D eigenvalue weighted by molar-refractivity contribution is -0.121. The van der Waals surface area contributed by atoms with Crippen LogP contribution in [0, 0.1) is 5.92 Å². The average molecular weight is 480 g/mol. The van der Waals surface area contributed by atoms with Crippen molar-refractivity contribution < 1.29 is 23.9 Å². The van der Waals surface area contributed by atoms with Crippen molar-refractivity contribution in [1.29, 1.82) is 0 Å². The van der Waals surface area contributed by atoms with Crippen molar-refractivity contribution in [2.24, 2.45) is 5.92 Å². The monoisotopic (exact) mass is 479 g/mol. The molecule has 2 aromatic carbocycles. The van der Waals surface area contributed by atoms with Crippen molar-refractivity contribution in [1.82, 2.24) is 10.2 Å². The maximum absolute atomic E-state index is 12.9. The maximum atomic E-state index is 12.9. The van der Waals surface area contributed by atoms with Gasteiger partial charge in [0.05, 0.1) is 37.4 Å². The summed E-state index contributed by atoms with van der Waals surface area (Å²) in [6, 6.07) is 14.1. The van der Waals surface area contributed by atoms with Gasteiger partial charge in [0.15, 0.2) is 0 Å². The maximum Gasteiger partial charge on any atom is 0.338 e. The van der Waals surface area contributed by atoms with Crippen molar-refractivity contribution in [3.8, 4) is 5.75 Å². The molecule has 2 fully saturated rings. The van der Waals surface area contributed by atoms with E-state index in [1.807, 2.05) is 12.1 Å². The molecule has 2 aliphatic rings. The Bertz CT molecular complexity index is 1030. The summed E-state index contributed by atoms with van der Waals surface area (Å²) < 4.78 is 10.2. The zero-order valence-electron chi connectivity index (χ0n) is 20.4. The molecule has 2 aliphatic heterocycles. The van der Waals surface area contributed by atoms with Crippen molar-refractivity contribution in [2.75, 3.05) is 38.3 Å². The molecule has 1 atom stereocenters. The number of hydrogen-bond donors (Lipinski definition) is 1. The van der Waals surface area contributed by atoms with Gasteiger partial charge >= 0.3 is 5.97 Å². The number of likely N-dealkylation sites (tertiary alicyclic amines) is 1. The zero-order valence-corrected chi connectivity index (χ0v) is 20.4. The number of piperidine rings is 1. The summed E-state index contributed by atoms with van der Waals surface area (Å²) in [5.74, 6) is 0.447. The van der Waals surface area contributed by atoms with Crippen LogP contribution >= 0.6 is 0 Å². The first kappa shape index (κ1) is 24.9. The number of carbonyl (C=O) groups excluding carboxylic acids is 3. The number of imide groups is 1. The Morgan fingerprint density at radius 1 is 1.03 bits per heavy atom. The van der Waals surface area contributed by atoms with Crippen LogP contribution in [-0.4, -0.2) is 62.1 Å². The molecule has 0 aromatic heterocycles. The smallest absolute Gasteiger partial charge is 0.338 e. The number of carbonyl (C=O) groups is 3. The SMILES string of the molecule is CCOC(=O)c1ccc(N2C(=O)CC(NCC3CCN(Cc4ccc(OC)cc4)CC3)C2=O)cc1. The van der Waals surface area contributed by atoms with Crippen LogP contribution in [0.3, 0.4) is 0 Å². The number of nitrogens with zero attached hydrogens (tertiary/aromatic N) is 2. The number of nitrogens with one attached hydrogen (secondary N) is 1. The molecular weight excluding hydrogens is 446 g/mol. The van der Waals surface area contributed by atoms with Gasteiger partial charge in [0.25, 0.3) is 5.91 Å². The van der Waals surface area contributed by atoms with Gasteiger partial charge in [-0.15, -0.1) is 0 Å². The van der Waals surface area contributed by atoms with Crippen molar-refractivity contribution in [3.63, 3.8) is 0 Å². The number of ether oxygens (including phenoxy) is 2. The molecule has 2 saturated heterocycles. The van der Waals surface area contributed by atoms with Crippen LogP contribution < -0.4 is 15.0 Å². The molecule has 0 saturated carbocycles. The molecule has 0 aliphatic carbocycles. The molecule has 2 amide bonds. The highest BCUT2D eigenvalue weighted by Gasteiger charge is 2.39. The van der Waals surface area contributed by atoms with E-state index in [-0.39, 0.29) is 18.2 Å². The highest BCUT2D eigenvalue weighted by molar-refractivity contribution is 6.22. The summed E-state index contributed by atoms with van der Waals surface area (Å²) in [5, 5.41) is 3.34. The minimum Gasteiger partial charge on any atom is -0.497 e. The molecule has 0 spiro atoms. The summed E-state index contributed by atoms with van der Waals surface area (Å²) in [7, 11) is 1.67. The number of methoxy groups -OCH3 is 1. The number of anilines is 1. The van der Waals surface area contributed by atoms with Crippen molar-refractivity contribution in [3.05, 3.63) is 59.7 Å². The topological polar surface area (TPSA) is 88.2 Å². The lowest BCUT2D eigenvalue weighted by atomic mass is 9.96. The van der Waals surface area contributed by atoms with Crippen molar-refractivity contribution in [2.45, 2.75) is 38.8 Å². The summed E-state index contributed by atoms with van der Waals surface area (Å²) in [6.45, 7) is 5.69. The first-order valence-electron chi connectivity index (χ1n) is 12.2. The fourth-order valence-electron chi connectivity index (χ4n) is 4.67. The van der Waals surface area contributed by atoms with E-state index < -0.39 is 12.0 Å². The van der Waals surface area contributed by atoms with Crippen LogP contribution in [0.25, 0.3) is 0 Å². The fourth-order valence-corrected chi connectivity index (χ4v) is 4.67. The van der Waals surface area contributed by atoms with Crippen LogP contribution in [-0.2, 0) is 20.9 Å². The number of esters is 1. The Kier molecular flexibility index (Phi) is 8.15. The number of amides is 2. The standard InChI is InChI=1S/C27H33N3O5/c1-3-35-27(33)21-6-8-22(9-7-21)30-25(31)16-24(26(30)32)28-17-19-12-14-29(15-13-19)18-20-4-10-23(34-2)11-5-20/h4-11,19,24,28H,3,12-18H2,1-2H3. The molecule has 1 N–H and O–H groups in total. The zero-order chi connectivity index (χ0) is 24.8. The quantitative estimate of drug-likeness (QED) is 0.437. The van der Waals surface area contributed by atoms with Gasteiger partial charge in [0, 0.05) is 6.54 Å². The molecule has 1 unspecified atom stereocenters. The van der Waals surface area contributed by atoms with Crippen molar-refractivity contribution >= 4 is 23.5 Å². The third-order valence-electron chi connectivity index (χ3n) is 6.71. The fraction of sp³-hybridized carbons (Fsp3) is 0.444. The van der Waals surface area contributed by atoms with Gasteiger partial charge in [-0.2, -0.15) is 0 Å². The Balaban J connectivity index is 1.24. The molecule has 186 valence electrons. The van der Waals surface area contributed by atoms with Crippen LogP contribution in [0.4, 0.5) is 5.69 Å². The normalized spacial score (nSPS) is 19.3. The van der Waals surface area contributed by atoms with Gasteiger partial charge < -0.3 is 14.8 Å². The van der Waals surface area contributed by atoms with E-state index in [0.29, 0.717) is 23.8 Å². The van der Waals surface area contributed by atoms with Gasteiger partial charge in [-0.25, -0.2) is 9.69 Å². The third kappa shape index (κ3) is 6.07. The van der Waals surface area contributed by atoms with Gasteiger partial charge in [-0.1, -0.05) is 12.1 Å². The minimum atomic E-state index is -0.510. The molecular formula is C27H33N3O5. The van der Waals surface area contributed by atoms with Gasteiger partial charge in [0.1, 0.15) is 5.75 Å². The lowest BCUT2D eigenvalue weighted by Gasteiger charge is -2.32. The number of rotatable bonds is 9. The predicted molar refractivity (Wildman–Crippen MR) is 132 cm³/mol. The highest BCUT2D eigenvalue weighted by Crippen LogP contribution is 2.25. The Hall–Kier alpha value is -3.23. The van der Waals surface area contributed by atoms with E-state index in [2.05, 4.69) is 22.3 Å². The molecule has 8 heteroatoms. The molecule has 2 aromatic rings. The van der Waals surface area contributed by atoms with Gasteiger partial charge in [-0.3, -0.25) is 14.5 Å².